The first-order valence-corrected chi connectivity index (χ1v) is 4.57. The highest BCUT2D eigenvalue weighted by molar-refractivity contribution is 6.30. The maximum Gasteiger partial charge on any atom is 0.119 e. The van der Waals surface area contributed by atoms with Gasteiger partial charge in [0.15, 0.2) is 0 Å². The normalized spacial score (nSPS) is 28.5. The summed E-state index contributed by atoms with van der Waals surface area (Å²) in [5.41, 5.74) is 0.470. The Labute approximate surface area is 82.1 Å². The zero-order valence-electron chi connectivity index (χ0n) is 7.33. The van der Waals surface area contributed by atoms with Gasteiger partial charge in [-0.05, 0) is 24.6 Å². The van der Waals surface area contributed by atoms with Crippen LogP contribution in [-0.4, -0.2) is 17.3 Å². The summed E-state index contributed by atoms with van der Waals surface area (Å²) < 4.78 is 5.16. The highest BCUT2D eigenvalue weighted by atomic mass is 35.5. The molecule has 1 aliphatic heterocycles. The zero-order valence-corrected chi connectivity index (χ0v) is 8.08. The van der Waals surface area contributed by atoms with Gasteiger partial charge in [0.25, 0.3) is 0 Å². The van der Waals surface area contributed by atoms with Gasteiger partial charge in [-0.1, -0.05) is 23.7 Å². The minimum absolute atomic E-state index is 0.381. The summed E-state index contributed by atoms with van der Waals surface area (Å²) in [7, 11) is 0. The summed E-state index contributed by atoms with van der Waals surface area (Å²) in [4.78, 5) is 0. The first-order valence-electron chi connectivity index (χ1n) is 4.19. The van der Waals surface area contributed by atoms with Gasteiger partial charge in [0.1, 0.15) is 11.7 Å². The van der Waals surface area contributed by atoms with E-state index in [1.54, 1.807) is 12.1 Å². The van der Waals surface area contributed by atoms with Crippen LogP contribution in [0.25, 0.3) is 0 Å². The van der Waals surface area contributed by atoms with Crippen molar-refractivity contribution in [1.82, 2.24) is 0 Å². The second-order valence-corrected chi connectivity index (χ2v) is 3.99. The van der Waals surface area contributed by atoms with Crippen LogP contribution in [0.15, 0.2) is 24.3 Å². The van der Waals surface area contributed by atoms with E-state index in [1.165, 1.54) is 0 Å². The fourth-order valence-electron chi connectivity index (χ4n) is 1.27. The number of epoxide rings is 1. The fourth-order valence-corrected chi connectivity index (χ4v) is 1.40. The SMILES string of the molecule is C[C@@]1([C@H](O)c2ccc(Cl)cc2)CO1. The lowest BCUT2D eigenvalue weighted by Crippen LogP contribution is -2.17. The van der Waals surface area contributed by atoms with E-state index in [0.717, 1.165) is 5.56 Å². The van der Waals surface area contributed by atoms with Gasteiger partial charge >= 0.3 is 0 Å². The van der Waals surface area contributed by atoms with Crippen molar-refractivity contribution in [2.24, 2.45) is 0 Å². The van der Waals surface area contributed by atoms with Crippen LogP contribution >= 0.6 is 11.6 Å². The Morgan fingerprint density at radius 1 is 1.46 bits per heavy atom. The molecule has 1 heterocycles. The molecular weight excluding hydrogens is 188 g/mol. The quantitative estimate of drug-likeness (QED) is 0.739. The zero-order chi connectivity index (χ0) is 9.47. The standard InChI is InChI=1S/C10H11ClO2/c1-10(6-13-10)9(12)7-2-4-8(11)5-3-7/h2-5,9,12H,6H2,1H3/t9-,10+/m1/s1. The molecule has 0 radical (unpaired) electrons. The summed E-state index contributed by atoms with van der Waals surface area (Å²) in [5, 5.41) is 10.5. The number of ether oxygens (including phenoxy) is 1. The van der Waals surface area contributed by atoms with Crippen molar-refractivity contribution in [3.63, 3.8) is 0 Å². The highest BCUT2D eigenvalue weighted by Gasteiger charge is 2.47. The molecule has 1 aromatic rings. The van der Waals surface area contributed by atoms with E-state index >= 15 is 0 Å². The van der Waals surface area contributed by atoms with Crippen LogP contribution < -0.4 is 0 Å². The Kier molecular flexibility index (Phi) is 2.06. The number of halogens is 1. The smallest absolute Gasteiger partial charge is 0.119 e. The molecule has 13 heavy (non-hydrogen) atoms. The van der Waals surface area contributed by atoms with E-state index in [-0.39, 0.29) is 5.60 Å². The van der Waals surface area contributed by atoms with E-state index in [2.05, 4.69) is 0 Å². The van der Waals surface area contributed by atoms with Crippen LogP contribution in [0.1, 0.15) is 18.6 Å². The number of aliphatic hydroxyl groups excluding tert-OH is 1. The third-order valence-electron chi connectivity index (χ3n) is 2.36. The van der Waals surface area contributed by atoms with Gasteiger partial charge in [0, 0.05) is 5.02 Å². The van der Waals surface area contributed by atoms with E-state index in [0.29, 0.717) is 11.6 Å². The number of hydrogen-bond donors (Lipinski definition) is 1. The van der Waals surface area contributed by atoms with Crippen molar-refractivity contribution in [3.05, 3.63) is 34.9 Å². The maximum absolute atomic E-state index is 9.84. The minimum Gasteiger partial charge on any atom is -0.385 e. The van der Waals surface area contributed by atoms with Crippen molar-refractivity contribution >= 4 is 11.6 Å². The van der Waals surface area contributed by atoms with Crippen LogP contribution in [0, 0.1) is 0 Å². The molecule has 0 bridgehead atoms. The average molecular weight is 199 g/mol. The molecule has 1 N–H and O–H groups in total. The van der Waals surface area contributed by atoms with Gasteiger partial charge in [-0.15, -0.1) is 0 Å². The minimum atomic E-state index is -0.551. The molecule has 1 saturated heterocycles. The Bertz CT molecular complexity index is 303. The lowest BCUT2D eigenvalue weighted by atomic mass is 9.98. The molecule has 0 unspecified atom stereocenters. The summed E-state index contributed by atoms with van der Waals surface area (Å²) >= 11 is 5.73. The molecule has 0 saturated carbocycles. The molecule has 3 heteroatoms. The van der Waals surface area contributed by atoms with Crippen LogP contribution in [-0.2, 0) is 4.74 Å². The molecule has 0 amide bonds. The Morgan fingerprint density at radius 2 is 2.00 bits per heavy atom. The number of hydrogen-bond acceptors (Lipinski definition) is 2. The topological polar surface area (TPSA) is 32.8 Å². The van der Waals surface area contributed by atoms with E-state index < -0.39 is 6.10 Å². The molecule has 2 nitrogen and oxygen atoms in total. The lowest BCUT2D eigenvalue weighted by molar-refractivity contribution is 0.0849. The van der Waals surface area contributed by atoms with Gasteiger partial charge in [0.2, 0.25) is 0 Å². The van der Waals surface area contributed by atoms with Crippen molar-refractivity contribution in [3.8, 4) is 0 Å². The van der Waals surface area contributed by atoms with Gasteiger partial charge in [-0.3, -0.25) is 0 Å². The van der Waals surface area contributed by atoms with Crippen molar-refractivity contribution in [2.45, 2.75) is 18.6 Å². The summed E-state index contributed by atoms with van der Waals surface area (Å²) in [6.45, 7) is 2.52. The summed E-state index contributed by atoms with van der Waals surface area (Å²) in [5.74, 6) is 0. The molecule has 2 atom stereocenters. The Balaban J connectivity index is 2.20. The number of benzene rings is 1. The first-order chi connectivity index (χ1) is 6.12. The monoisotopic (exact) mass is 198 g/mol. The predicted octanol–water partition coefficient (Wildman–Crippen LogP) is 2.16. The van der Waals surface area contributed by atoms with Crippen molar-refractivity contribution < 1.29 is 9.84 Å². The number of rotatable bonds is 2. The third kappa shape index (κ3) is 1.70. The van der Waals surface area contributed by atoms with E-state index in [9.17, 15) is 5.11 Å². The second-order valence-electron chi connectivity index (χ2n) is 3.56. The van der Waals surface area contributed by atoms with Crippen LogP contribution in [0.4, 0.5) is 0 Å². The van der Waals surface area contributed by atoms with Crippen molar-refractivity contribution in [1.29, 1.82) is 0 Å². The first kappa shape index (κ1) is 9.00. The lowest BCUT2D eigenvalue weighted by Gasteiger charge is -2.14. The van der Waals surface area contributed by atoms with Crippen LogP contribution in [0.2, 0.25) is 5.02 Å². The van der Waals surface area contributed by atoms with Crippen LogP contribution in [0.5, 0.6) is 0 Å². The molecule has 1 aromatic carbocycles. The molecule has 0 aromatic heterocycles. The molecule has 0 spiro atoms. The summed E-state index contributed by atoms with van der Waals surface area (Å²) in [6, 6.07) is 7.18. The average Bonchev–Trinajstić information content (AvgIpc) is 2.85. The molecule has 70 valence electrons. The van der Waals surface area contributed by atoms with Crippen LogP contribution in [0.3, 0.4) is 0 Å². The van der Waals surface area contributed by atoms with Crippen molar-refractivity contribution in [2.75, 3.05) is 6.61 Å². The molecule has 0 aliphatic carbocycles. The second kappa shape index (κ2) is 2.98. The number of aliphatic hydroxyl groups is 1. The fraction of sp³-hybridized carbons (Fsp3) is 0.400. The van der Waals surface area contributed by atoms with Gasteiger partial charge in [-0.2, -0.15) is 0 Å². The van der Waals surface area contributed by atoms with Gasteiger partial charge in [-0.25, -0.2) is 0 Å². The van der Waals surface area contributed by atoms with E-state index in [4.69, 9.17) is 16.3 Å². The molecule has 1 fully saturated rings. The molecule has 1 aliphatic rings. The molecular formula is C10H11ClO2. The summed E-state index contributed by atoms with van der Waals surface area (Å²) in [6.07, 6.45) is -0.551. The third-order valence-corrected chi connectivity index (χ3v) is 2.62. The predicted molar refractivity (Wildman–Crippen MR) is 50.8 cm³/mol. The van der Waals surface area contributed by atoms with Gasteiger partial charge in [0.05, 0.1) is 6.61 Å². The Hall–Kier alpha value is -0.570. The molecule has 2 rings (SSSR count). The van der Waals surface area contributed by atoms with Gasteiger partial charge < -0.3 is 9.84 Å². The Morgan fingerprint density at radius 3 is 2.46 bits per heavy atom. The largest absolute Gasteiger partial charge is 0.385 e. The highest BCUT2D eigenvalue weighted by Crippen LogP contribution is 2.39. The van der Waals surface area contributed by atoms with E-state index in [1.807, 2.05) is 19.1 Å². The maximum atomic E-state index is 9.84.